The van der Waals surface area contributed by atoms with E-state index in [0.29, 0.717) is 5.56 Å². The number of hydrogen-bond acceptors (Lipinski definition) is 5. The van der Waals surface area contributed by atoms with Gasteiger partial charge in [-0.25, -0.2) is 0 Å². The highest BCUT2D eigenvalue weighted by atomic mass is 32.2. The van der Waals surface area contributed by atoms with Gasteiger partial charge < -0.3 is 8.92 Å². The summed E-state index contributed by atoms with van der Waals surface area (Å²) < 4.78 is 31.5. The smallest absolute Gasteiger partial charge is 0.306 e. The molecule has 0 atom stereocenters. The molecule has 0 unspecified atom stereocenters. The fraction of sp³-hybridized carbons (Fsp3) is 0.300. The number of benzene rings is 1. The molecular weight excluding hydrogens is 232 g/mol. The van der Waals surface area contributed by atoms with Gasteiger partial charge in [0.05, 0.1) is 13.4 Å². The molecule has 0 aliphatic carbocycles. The van der Waals surface area contributed by atoms with E-state index < -0.39 is 10.1 Å². The van der Waals surface area contributed by atoms with Crippen LogP contribution in [0.5, 0.6) is 11.5 Å². The van der Waals surface area contributed by atoms with Crippen LogP contribution in [0.1, 0.15) is 17.3 Å². The number of Topliss-reactive ketones (excluding diaryl/α,β-unsaturated/α-hetero) is 1. The van der Waals surface area contributed by atoms with Crippen LogP contribution < -0.4 is 8.92 Å². The third-order valence-electron chi connectivity index (χ3n) is 1.81. The molecule has 0 aliphatic rings. The Morgan fingerprint density at radius 2 is 1.88 bits per heavy atom. The highest BCUT2D eigenvalue weighted by molar-refractivity contribution is 7.86. The van der Waals surface area contributed by atoms with Crippen LogP contribution >= 0.6 is 0 Å². The van der Waals surface area contributed by atoms with Gasteiger partial charge in [0.25, 0.3) is 0 Å². The lowest BCUT2D eigenvalue weighted by atomic mass is 10.1. The summed E-state index contributed by atoms with van der Waals surface area (Å²) in [5, 5.41) is 0. The number of rotatable bonds is 4. The Hall–Kier alpha value is -1.56. The van der Waals surface area contributed by atoms with Gasteiger partial charge in [-0.15, -0.1) is 0 Å². The zero-order valence-corrected chi connectivity index (χ0v) is 10.00. The van der Waals surface area contributed by atoms with Crippen molar-refractivity contribution in [3.8, 4) is 11.5 Å². The molecule has 0 bridgehead atoms. The number of hydrogen-bond donors (Lipinski definition) is 0. The molecule has 1 aromatic rings. The van der Waals surface area contributed by atoms with Gasteiger partial charge in [-0.05, 0) is 25.1 Å². The molecule has 16 heavy (non-hydrogen) atoms. The van der Waals surface area contributed by atoms with Crippen molar-refractivity contribution in [1.29, 1.82) is 0 Å². The fourth-order valence-corrected chi connectivity index (χ4v) is 1.58. The van der Waals surface area contributed by atoms with E-state index in [9.17, 15) is 13.2 Å². The highest BCUT2D eigenvalue weighted by Crippen LogP contribution is 2.29. The minimum absolute atomic E-state index is 0.0648. The number of carbonyl (C=O) groups excluding carboxylic acids is 1. The summed E-state index contributed by atoms with van der Waals surface area (Å²) >= 11 is 0. The van der Waals surface area contributed by atoms with Crippen LogP contribution in [0.2, 0.25) is 0 Å². The van der Waals surface area contributed by atoms with Crippen molar-refractivity contribution in [1.82, 2.24) is 0 Å². The average molecular weight is 244 g/mol. The third kappa shape index (κ3) is 3.23. The molecule has 6 heteroatoms. The molecule has 0 heterocycles. The van der Waals surface area contributed by atoms with Crippen LogP contribution in [0.15, 0.2) is 18.2 Å². The molecule has 0 aliphatic heterocycles. The van der Waals surface area contributed by atoms with Crippen molar-refractivity contribution in [2.45, 2.75) is 6.92 Å². The average Bonchev–Trinajstić information content (AvgIpc) is 2.15. The quantitative estimate of drug-likeness (QED) is 0.588. The molecule has 0 N–H and O–H groups in total. The number of ketones is 1. The van der Waals surface area contributed by atoms with Gasteiger partial charge in [-0.1, -0.05) is 0 Å². The minimum Gasteiger partial charge on any atom is -0.493 e. The topological polar surface area (TPSA) is 69.7 Å². The summed E-state index contributed by atoms with van der Waals surface area (Å²) in [6, 6.07) is 4.30. The Labute approximate surface area is 94.1 Å². The first-order valence-electron chi connectivity index (χ1n) is 4.42. The Balaban J connectivity index is 3.17. The number of carbonyl (C=O) groups is 1. The largest absolute Gasteiger partial charge is 0.493 e. The summed E-state index contributed by atoms with van der Waals surface area (Å²) in [7, 11) is -2.24. The van der Waals surface area contributed by atoms with Gasteiger partial charge in [0.15, 0.2) is 17.3 Å². The molecule has 0 amide bonds. The minimum atomic E-state index is -3.61. The molecule has 5 nitrogen and oxygen atoms in total. The van der Waals surface area contributed by atoms with E-state index in [-0.39, 0.29) is 17.3 Å². The first-order valence-corrected chi connectivity index (χ1v) is 6.23. The third-order valence-corrected chi connectivity index (χ3v) is 2.29. The second-order valence-corrected chi connectivity index (χ2v) is 4.78. The van der Waals surface area contributed by atoms with E-state index in [1.807, 2.05) is 0 Å². The van der Waals surface area contributed by atoms with E-state index in [0.717, 1.165) is 6.26 Å². The summed E-state index contributed by atoms with van der Waals surface area (Å²) in [5.74, 6) is 0.136. The molecule has 0 spiro atoms. The van der Waals surface area contributed by atoms with Crippen LogP contribution in [0.25, 0.3) is 0 Å². The summed E-state index contributed by atoms with van der Waals surface area (Å²) in [4.78, 5) is 11.1. The zero-order valence-electron chi connectivity index (χ0n) is 9.18. The fourth-order valence-electron chi connectivity index (χ4n) is 1.12. The Bertz CT molecular complexity index is 504. The van der Waals surface area contributed by atoms with Crippen LogP contribution in [0.4, 0.5) is 0 Å². The van der Waals surface area contributed by atoms with E-state index in [4.69, 9.17) is 8.92 Å². The van der Waals surface area contributed by atoms with Crippen LogP contribution in [0, 0.1) is 0 Å². The van der Waals surface area contributed by atoms with E-state index in [1.54, 1.807) is 0 Å². The van der Waals surface area contributed by atoms with Crippen LogP contribution in [0.3, 0.4) is 0 Å². The second kappa shape index (κ2) is 4.52. The molecule has 88 valence electrons. The van der Waals surface area contributed by atoms with Crippen LogP contribution in [-0.4, -0.2) is 27.6 Å². The highest BCUT2D eigenvalue weighted by Gasteiger charge is 2.12. The van der Waals surface area contributed by atoms with Gasteiger partial charge in [0, 0.05) is 5.56 Å². The molecule has 0 saturated carbocycles. The monoisotopic (exact) mass is 244 g/mol. The van der Waals surface area contributed by atoms with Crippen molar-refractivity contribution in [3.63, 3.8) is 0 Å². The van der Waals surface area contributed by atoms with E-state index in [2.05, 4.69) is 0 Å². The van der Waals surface area contributed by atoms with Crippen molar-refractivity contribution >= 4 is 15.9 Å². The normalized spacial score (nSPS) is 10.9. The number of methoxy groups -OCH3 is 1. The lowest BCUT2D eigenvalue weighted by molar-refractivity contribution is 0.101. The van der Waals surface area contributed by atoms with Gasteiger partial charge in [0.2, 0.25) is 0 Å². The predicted octanol–water partition coefficient (Wildman–Crippen LogP) is 1.24. The summed E-state index contributed by atoms with van der Waals surface area (Å²) in [6.07, 6.45) is 0.936. The Morgan fingerprint density at radius 1 is 1.25 bits per heavy atom. The molecule has 0 radical (unpaired) electrons. The summed E-state index contributed by atoms with van der Waals surface area (Å²) in [6.45, 7) is 1.41. The Morgan fingerprint density at radius 3 is 2.31 bits per heavy atom. The van der Waals surface area contributed by atoms with Crippen LogP contribution in [-0.2, 0) is 10.1 Å². The van der Waals surface area contributed by atoms with Crippen molar-refractivity contribution in [2.24, 2.45) is 0 Å². The van der Waals surface area contributed by atoms with E-state index >= 15 is 0 Å². The molecular formula is C10H12O5S. The molecule has 0 saturated heterocycles. The maximum atomic E-state index is 11.1. The molecule has 0 aromatic heterocycles. The van der Waals surface area contributed by atoms with Gasteiger partial charge in [-0.3, -0.25) is 4.79 Å². The lowest BCUT2D eigenvalue weighted by Crippen LogP contribution is -2.07. The lowest BCUT2D eigenvalue weighted by Gasteiger charge is -2.09. The maximum Gasteiger partial charge on any atom is 0.306 e. The zero-order chi connectivity index (χ0) is 12.3. The standard InChI is InChI=1S/C10H12O5S/c1-7(11)8-4-5-9(10(6-8)14-2)15-16(3,12)13/h4-6H,1-3H3. The molecule has 1 aromatic carbocycles. The molecule has 0 fully saturated rings. The van der Waals surface area contributed by atoms with Crippen molar-refractivity contribution in [3.05, 3.63) is 23.8 Å². The van der Waals surface area contributed by atoms with Gasteiger partial charge in [0.1, 0.15) is 0 Å². The maximum absolute atomic E-state index is 11.1. The van der Waals surface area contributed by atoms with Gasteiger partial charge >= 0.3 is 10.1 Å². The second-order valence-electron chi connectivity index (χ2n) is 3.21. The number of ether oxygens (including phenoxy) is 1. The predicted molar refractivity (Wildman–Crippen MR) is 58.5 cm³/mol. The first kappa shape index (κ1) is 12.5. The van der Waals surface area contributed by atoms with Gasteiger partial charge in [-0.2, -0.15) is 8.42 Å². The SMILES string of the molecule is COc1cc(C(C)=O)ccc1OS(C)(=O)=O. The molecule has 1 rings (SSSR count). The van der Waals surface area contributed by atoms with E-state index in [1.165, 1.54) is 32.2 Å². The van der Waals surface area contributed by atoms with Crippen molar-refractivity contribution in [2.75, 3.05) is 13.4 Å². The summed E-state index contributed by atoms with van der Waals surface area (Å²) in [5.41, 5.74) is 0.428. The first-order chi connectivity index (χ1) is 7.33. The Kier molecular flexibility index (Phi) is 3.54. The van der Waals surface area contributed by atoms with Crippen molar-refractivity contribution < 1.29 is 22.1 Å².